The van der Waals surface area contributed by atoms with Crippen LogP contribution in [0.2, 0.25) is 0 Å². The lowest BCUT2D eigenvalue weighted by Crippen LogP contribution is -2.34. The van der Waals surface area contributed by atoms with Crippen LogP contribution in [0.3, 0.4) is 0 Å². The Morgan fingerprint density at radius 1 is 1.05 bits per heavy atom. The summed E-state index contributed by atoms with van der Waals surface area (Å²) in [4.78, 5) is 48.6. The van der Waals surface area contributed by atoms with Gasteiger partial charge in [-0.2, -0.15) is 0 Å². The van der Waals surface area contributed by atoms with Crippen LogP contribution >= 0.6 is 0 Å². The SMILES string of the molecule is CCC(=O)N(C(C)=O)c1ccc(N2C(=O)C=CC2=O)cc1. The van der Waals surface area contributed by atoms with Crippen LogP contribution in [0.1, 0.15) is 20.3 Å². The summed E-state index contributed by atoms with van der Waals surface area (Å²) in [5.41, 5.74) is 0.802. The van der Waals surface area contributed by atoms with E-state index in [1.165, 1.54) is 43.3 Å². The minimum absolute atomic E-state index is 0.203. The number of hydrogen-bond donors (Lipinski definition) is 0. The summed E-state index contributed by atoms with van der Waals surface area (Å²) in [6.45, 7) is 2.97. The van der Waals surface area contributed by atoms with Gasteiger partial charge in [0.15, 0.2) is 0 Å². The molecule has 0 bridgehead atoms. The van der Waals surface area contributed by atoms with Crippen molar-refractivity contribution in [1.29, 1.82) is 0 Å². The van der Waals surface area contributed by atoms with Crippen molar-refractivity contribution in [2.75, 3.05) is 9.80 Å². The molecular weight excluding hydrogens is 272 g/mol. The Balaban J connectivity index is 2.30. The Labute approximate surface area is 121 Å². The van der Waals surface area contributed by atoms with Crippen molar-refractivity contribution < 1.29 is 19.2 Å². The van der Waals surface area contributed by atoms with Gasteiger partial charge in [0.1, 0.15) is 0 Å². The molecule has 1 aliphatic heterocycles. The zero-order valence-electron chi connectivity index (χ0n) is 11.7. The first-order chi connectivity index (χ1) is 9.95. The van der Waals surface area contributed by atoms with Gasteiger partial charge in [0.2, 0.25) is 11.8 Å². The van der Waals surface area contributed by atoms with Crippen LogP contribution in [0.4, 0.5) is 11.4 Å². The molecule has 0 spiro atoms. The predicted octanol–water partition coefficient (Wildman–Crippen LogP) is 1.41. The summed E-state index contributed by atoms with van der Waals surface area (Å²) in [5, 5.41) is 0. The van der Waals surface area contributed by atoms with Gasteiger partial charge in [-0.05, 0) is 24.3 Å². The van der Waals surface area contributed by atoms with Crippen molar-refractivity contribution in [3.05, 3.63) is 36.4 Å². The predicted molar refractivity (Wildman–Crippen MR) is 76.5 cm³/mol. The molecule has 2 rings (SSSR count). The minimum Gasteiger partial charge on any atom is -0.274 e. The van der Waals surface area contributed by atoms with Crippen LogP contribution in [0.15, 0.2) is 36.4 Å². The number of hydrogen-bond acceptors (Lipinski definition) is 4. The molecule has 0 fully saturated rings. The summed E-state index contributed by atoms with van der Waals surface area (Å²) in [5.74, 6) is -1.53. The van der Waals surface area contributed by atoms with E-state index in [1.807, 2.05) is 0 Å². The molecule has 0 saturated heterocycles. The van der Waals surface area contributed by atoms with Crippen molar-refractivity contribution in [3.8, 4) is 0 Å². The second kappa shape index (κ2) is 5.70. The number of nitrogens with zero attached hydrogens (tertiary/aromatic N) is 2. The summed E-state index contributed by atoms with van der Waals surface area (Å²) >= 11 is 0. The number of imide groups is 2. The largest absolute Gasteiger partial charge is 0.274 e. The molecule has 6 nitrogen and oxygen atoms in total. The number of amides is 4. The average molecular weight is 286 g/mol. The highest BCUT2D eigenvalue weighted by Gasteiger charge is 2.25. The highest BCUT2D eigenvalue weighted by Crippen LogP contribution is 2.23. The van der Waals surface area contributed by atoms with Gasteiger partial charge in [0.25, 0.3) is 11.8 Å². The molecule has 0 radical (unpaired) electrons. The quantitative estimate of drug-likeness (QED) is 0.787. The lowest BCUT2D eigenvalue weighted by Gasteiger charge is -2.20. The monoisotopic (exact) mass is 286 g/mol. The van der Waals surface area contributed by atoms with Gasteiger partial charge in [-0.3, -0.25) is 24.1 Å². The standard InChI is InChI=1S/C15H14N2O4/c1-3-13(19)16(10(2)18)11-4-6-12(7-5-11)17-14(20)8-9-15(17)21/h4-9H,3H2,1-2H3. The van der Waals surface area contributed by atoms with Crippen molar-refractivity contribution in [2.45, 2.75) is 20.3 Å². The maximum atomic E-state index is 11.8. The molecule has 0 N–H and O–H groups in total. The molecule has 21 heavy (non-hydrogen) atoms. The van der Waals surface area contributed by atoms with Crippen LogP contribution < -0.4 is 9.80 Å². The molecule has 1 aromatic rings. The molecular formula is C15H14N2O4. The molecule has 6 heteroatoms. The van der Waals surface area contributed by atoms with Crippen LogP contribution in [-0.4, -0.2) is 23.6 Å². The van der Waals surface area contributed by atoms with Gasteiger partial charge in [0, 0.05) is 25.5 Å². The van der Waals surface area contributed by atoms with Crippen LogP contribution in [0, 0.1) is 0 Å². The number of anilines is 2. The average Bonchev–Trinajstić information content (AvgIpc) is 2.79. The summed E-state index contributed by atoms with van der Waals surface area (Å²) < 4.78 is 0. The lowest BCUT2D eigenvalue weighted by atomic mass is 10.2. The third-order valence-corrected chi connectivity index (χ3v) is 3.04. The van der Waals surface area contributed by atoms with Crippen molar-refractivity contribution in [2.24, 2.45) is 0 Å². The summed E-state index contributed by atoms with van der Waals surface area (Å²) in [6, 6.07) is 6.11. The number of carbonyl (C=O) groups excluding carboxylic acids is 4. The van der Waals surface area contributed by atoms with Gasteiger partial charge in [-0.15, -0.1) is 0 Å². The van der Waals surface area contributed by atoms with Crippen molar-refractivity contribution in [3.63, 3.8) is 0 Å². The van der Waals surface area contributed by atoms with E-state index in [4.69, 9.17) is 0 Å². The molecule has 0 unspecified atom stereocenters. The molecule has 1 heterocycles. The molecule has 0 aromatic heterocycles. The normalized spacial score (nSPS) is 13.7. The van der Waals surface area contributed by atoms with Crippen molar-refractivity contribution in [1.82, 2.24) is 0 Å². The van der Waals surface area contributed by atoms with Gasteiger partial charge in [-0.25, -0.2) is 4.90 Å². The Bertz CT molecular complexity index is 628. The number of benzene rings is 1. The number of carbonyl (C=O) groups is 4. The van der Waals surface area contributed by atoms with E-state index >= 15 is 0 Å². The maximum Gasteiger partial charge on any atom is 0.258 e. The van der Waals surface area contributed by atoms with Gasteiger partial charge in [0.05, 0.1) is 11.4 Å². The van der Waals surface area contributed by atoms with E-state index in [1.54, 1.807) is 6.92 Å². The minimum atomic E-state index is -0.416. The maximum absolute atomic E-state index is 11.8. The Morgan fingerprint density at radius 3 is 2.00 bits per heavy atom. The van der Waals surface area contributed by atoms with E-state index in [0.717, 1.165) is 9.80 Å². The number of rotatable bonds is 3. The lowest BCUT2D eigenvalue weighted by molar-refractivity contribution is -0.125. The van der Waals surface area contributed by atoms with Crippen molar-refractivity contribution >= 4 is 35.0 Å². The fraction of sp³-hybridized carbons (Fsp3) is 0.200. The molecule has 1 aromatic carbocycles. The first-order valence-electron chi connectivity index (χ1n) is 6.45. The Hall–Kier alpha value is -2.76. The van der Waals surface area contributed by atoms with E-state index in [-0.39, 0.29) is 18.2 Å². The van der Waals surface area contributed by atoms with Gasteiger partial charge in [-0.1, -0.05) is 6.92 Å². The smallest absolute Gasteiger partial charge is 0.258 e. The molecule has 4 amide bonds. The fourth-order valence-corrected chi connectivity index (χ4v) is 2.07. The third kappa shape index (κ3) is 2.74. The zero-order valence-corrected chi connectivity index (χ0v) is 11.7. The third-order valence-electron chi connectivity index (χ3n) is 3.04. The highest BCUT2D eigenvalue weighted by molar-refractivity contribution is 6.28. The fourth-order valence-electron chi connectivity index (χ4n) is 2.07. The van der Waals surface area contributed by atoms with Crippen LogP contribution in [0.25, 0.3) is 0 Å². The van der Waals surface area contributed by atoms with E-state index in [2.05, 4.69) is 0 Å². The molecule has 0 aliphatic carbocycles. The summed E-state index contributed by atoms with van der Waals surface area (Å²) in [6.07, 6.45) is 2.59. The van der Waals surface area contributed by atoms with Crippen LogP contribution in [0.5, 0.6) is 0 Å². The second-order valence-corrected chi connectivity index (χ2v) is 4.46. The Morgan fingerprint density at radius 2 is 1.57 bits per heavy atom. The topological polar surface area (TPSA) is 74.8 Å². The molecule has 1 aliphatic rings. The van der Waals surface area contributed by atoms with Crippen LogP contribution in [-0.2, 0) is 19.2 Å². The molecule has 0 atom stereocenters. The summed E-state index contributed by atoms with van der Waals surface area (Å²) in [7, 11) is 0. The first-order valence-corrected chi connectivity index (χ1v) is 6.45. The Kier molecular flexibility index (Phi) is 3.98. The van der Waals surface area contributed by atoms with E-state index in [0.29, 0.717) is 11.4 Å². The first kappa shape index (κ1) is 14.6. The van der Waals surface area contributed by atoms with E-state index < -0.39 is 11.8 Å². The second-order valence-electron chi connectivity index (χ2n) is 4.46. The van der Waals surface area contributed by atoms with E-state index in [9.17, 15) is 19.2 Å². The zero-order chi connectivity index (χ0) is 15.6. The highest BCUT2D eigenvalue weighted by atomic mass is 16.2. The molecule has 0 saturated carbocycles. The molecule has 108 valence electrons. The van der Waals surface area contributed by atoms with Gasteiger partial charge >= 0.3 is 0 Å². The van der Waals surface area contributed by atoms with Gasteiger partial charge < -0.3 is 0 Å².